The minimum atomic E-state index is -0.0372. The van der Waals surface area contributed by atoms with E-state index in [9.17, 15) is 4.79 Å². The van der Waals surface area contributed by atoms with Crippen LogP contribution in [0.5, 0.6) is 0 Å². The van der Waals surface area contributed by atoms with Crippen LogP contribution in [0.4, 0.5) is 0 Å². The third-order valence-corrected chi connectivity index (χ3v) is 2.99. The monoisotopic (exact) mass is 230 g/mol. The van der Waals surface area contributed by atoms with Gasteiger partial charge in [-0.05, 0) is 37.5 Å². The standard InChI is InChI=1S/C14H18N2O/c1-9(2)11-5-6-13-12(7-11)15-8-14(17)16(13)10(3)4/h5-10H,1-4H3. The van der Waals surface area contributed by atoms with E-state index in [-0.39, 0.29) is 11.6 Å². The van der Waals surface area contributed by atoms with Crippen LogP contribution in [-0.2, 0) is 0 Å². The first-order chi connectivity index (χ1) is 8.00. The van der Waals surface area contributed by atoms with Crippen molar-refractivity contribution in [2.24, 2.45) is 0 Å². The summed E-state index contributed by atoms with van der Waals surface area (Å²) in [5, 5.41) is 0. The van der Waals surface area contributed by atoms with Crippen LogP contribution in [0, 0.1) is 0 Å². The summed E-state index contributed by atoms with van der Waals surface area (Å²) in [5.74, 6) is 0.473. The van der Waals surface area contributed by atoms with Crippen LogP contribution in [0.2, 0.25) is 0 Å². The molecular formula is C14H18N2O. The second kappa shape index (κ2) is 4.32. The van der Waals surface area contributed by atoms with Crippen molar-refractivity contribution in [2.75, 3.05) is 0 Å². The van der Waals surface area contributed by atoms with E-state index in [4.69, 9.17) is 0 Å². The Labute approximate surface area is 101 Å². The van der Waals surface area contributed by atoms with Crippen LogP contribution < -0.4 is 5.56 Å². The summed E-state index contributed by atoms with van der Waals surface area (Å²) < 4.78 is 1.78. The molecule has 1 aromatic carbocycles. The molecule has 1 heterocycles. The second-order valence-electron chi connectivity index (χ2n) is 4.96. The van der Waals surface area contributed by atoms with Crippen molar-refractivity contribution in [3.63, 3.8) is 0 Å². The Morgan fingerprint density at radius 1 is 1.18 bits per heavy atom. The lowest BCUT2D eigenvalue weighted by Gasteiger charge is -2.14. The number of fused-ring (bicyclic) bond motifs is 1. The van der Waals surface area contributed by atoms with E-state index in [1.807, 2.05) is 19.9 Å². The molecule has 2 rings (SSSR count). The Balaban J connectivity index is 2.75. The maximum Gasteiger partial charge on any atom is 0.269 e. The Morgan fingerprint density at radius 2 is 1.88 bits per heavy atom. The van der Waals surface area contributed by atoms with Crippen molar-refractivity contribution in [3.05, 3.63) is 40.3 Å². The predicted octanol–water partition coefficient (Wildman–Crippen LogP) is 3.10. The maximum atomic E-state index is 11.8. The molecule has 0 saturated heterocycles. The number of benzene rings is 1. The molecule has 3 heteroatoms. The van der Waals surface area contributed by atoms with Crippen molar-refractivity contribution in [2.45, 2.75) is 39.7 Å². The van der Waals surface area contributed by atoms with E-state index in [1.54, 1.807) is 4.57 Å². The van der Waals surface area contributed by atoms with E-state index < -0.39 is 0 Å². The minimum absolute atomic E-state index is 0.0372. The maximum absolute atomic E-state index is 11.8. The number of rotatable bonds is 2. The van der Waals surface area contributed by atoms with Crippen LogP contribution in [0.25, 0.3) is 11.0 Å². The zero-order chi connectivity index (χ0) is 12.6. The first-order valence-corrected chi connectivity index (χ1v) is 6.02. The SMILES string of the molecule is CC(C)c1ccc2c(c1)ncc(=O)n2C(C)C. The molecule has 0 aliphatic rings. The summed E-state index contributed by atoms with van der Waals surface area (Å²) in [4.78, 5) is 16.0. The van der Waals surface area contributed by atoms with Crippen molar-refractivity contribution in [3.8, 4) is 0 Å². The first-order valence-electron chi connectivity index (χ1n) is 6.02. The van der Waals surface area contributed by atoms with Crippen LogP contribution in [0.3, 0.4) is 0 Å². The Bertz CT molecular complexity index is 597. The number of hydrogen-bond donors (Lipinski definition) is 0. The molecule has 0 radical (unpaired) electrons. The van der Waals surface area contributed by atoms with Gasteiger partial charge in [0.2, 0.25) is 0 Å². The van der Waals surface area contributed by atoms with Crippen molar-refractivity contribution < 1.29 is 0 Å². The van der Waals surface area contributed by atoms with Gasteiger partial charge in [0.25, 0.3) is 5.56 Å². The molecule has 0 N–H and O–H groups in total. The molecule has 0 fully saturated rings. The normalized spacial score (nSPS) is 11.6. The molecule has 1 aromatic heterocycles. The third kappa shape index (κ3) is 2.09. The highest BCUT2D eigenvalue weighted by Crippen LogP contribution is 2.20. The van der Waals surface area contributed by atoms with Gasteiger partial charge < -0.3 is 4.57 Å². The zero-order valence-corrected chi connectivity index (χ0v) is 10.8. The van der Waals surface area contributed by atoms with Crippen LogP contribution in [-0.4, -0.2) is 9.55 Å². The lowest BCUT2D eigenvalue weighted by atomic mass is 10.0. The van der Waals surface area contributed by atoms with Crippen molar-refractivity contribution in [1.82, 2.24) is 9.55 Å². The Morgan fingerprint density at radius 3 is 2.47 bits per heavy atom. The summed E-state index contributed by atoms with van der Waals surface area (Å²) in [6, 6.07) is 6.29. The van der Waals surface area contributed by atoms with Crippen LogP contribution >= 0.6 is 0 Å². The topological polar surface area (TPSA) is 34.9 Å². The van der Waals surface area contributed by atoms with Crippen molar-refractivity contribution >= 4 is 11.0 Å². The van der Waals surface area contributed by atoms with Crippen molar-refractivity contribution in [1.29, 1.82) is 0 Å². The zero-order valence-electron chi connectivity index (χ0n) is 10.8. The van der Waals surface area contributed by atoms with E-state index in [2.05, 4.69) is 31.0 Å². The second-order valence-corrected chi connectivity index (χ2v) is 4.96. The molecule has 3 nitrogen and oxygen atoms in total. The molecule has 2 aromatic rings. The van der Waals surface area contributed by atoms with E-state index in [0.717, 1.165) is 11.0 Å². The molecule has 0 aliphatic heterocycles. The summed E-state index contributed by atoms with van der Waals surface area (Å²) in [6.07, 6.45) is 1.41. The average Bonchev–Trinajstić information content (AvgIpc) is 2.27. The van der Waals surface area contributed by atoms with Gasteiger partial charge in [-0.15, -0.1) is 0 Å². The van der Waals surface area contributed by atoms with Gasteiger partial charge in [0.05, 0.1) is 17.2 Å². The van der Waals surface area contributed by atoms with Gasteiger partial charge in [-0.1, -0.05) is 19.9 Å². The smallest absolute Gasteiger partial charge is 0.269 e. The van der Waals surface area contributed by atoms with Gasteiger partial charge in [0.1, 0.15) is 0 Å². The fourth-order valence-corrected chi connectivity index (χ4v) is 2.05. The minimum Gasteiger partial charge on any atom is -0.303 e. The number of nitrogens with zero attached hydrogens (tertiary/aromatic N) is 2. The fourth-order valence-electron chi connectivity index (χ4n) is 2.05. The van der Waals surface area contributed by atoms with Gasteiger partial charge in [0.15, 0.2) is 0 Å². The summed E-state index contributed by atoms with van der Waals surface area (Å²) in [6.45, 7) is 8.33. The third-order valence-electron chi connectivity index (χ3n) is 2.99. The number of hydrogen-bond acceptors (Lipinski definition) is 2. The van der Waals surface area contributed by atoms with Gasteiger partial charge in [-0.2, -0.15) is 0 Å². The molecule has 0 saturated carbocycles. The molecule has 0 bridgehead atoms. The molecule has 90 valence electrons. The summed E-state index contributed by atoms with van der Waals surface area (Å²) in [5.41, 5.74) is 3.02. The molecule has 17 heavy (non-hydrogen) atoms. The lowest BCUT2D eigenvalue weighted by Crippen LogP contribution is -2.22. The molecule has 0 amide bonds. The Kier molecular flexibility index (Phi) is 3.01. The van der Waals surface area contributed by atoms with Crippen LogP contribution in [0.1, 0.15) is 45.2 Å². The lowest BCUT2D eigenvalue weighted by molar-refractivity contribution is 0.597. The fraction of sp³-hybridized carbons (Fsp3) is 0.429. The highest BCUT2D eigenvalue weighted by atomic mass is 16.1. The van der Waals surface area contributed by atoms with Crippen LogP contribution in [0.15, 0.2) is 29.2 Å². The van der Waals surface area contributed by atoms with Gasteiger partial charge in [-0.25, -0.2) is 4.98 Å². The highest BCUT2D eigenvalue weighted by molar-refractivity contribution is 5.75. The molecular weight excluding hydrogens is 212 g/mol. The van der Waals surface area contributed by atoms with E-state index in [1.165, 1.54) is 11.8 Å². The van der Waals surface area contributed by atoms with Gasteiger partial charge in [0, 0.05) is 6.04 Å². The summed E-state index contributed by atoms with van der Waals surface area (Å²) in [7, 11) is 0. The van der Waals surface area contributed by atoms with E-state index in [0.29, 0.717) is 5.92 Å². The molecule has 0 atom stereocenters. The molecule has 0 unspecified atom stereocenters. The summed E-state index contributed by atoms with van der Waals surface area (Å²) >= 11 is 0. The molecule has 0 aliphatic carbocycles. The molecule has 0 spiro atoms. The van der Waals surface area contributed by atoms with E-state index >= 15 is 0 Å². The highest BCUT2D eigenvalue weighted by Gasteiger charge is 2.08. The number of aromatic nitrogens is 2. The average molecular weight is 230 g/mol. The predicted molar refractivity (Wildman–Crippen MR) is 70.5 cm³/mol. The van der Waals surface area contributed by atoms with Gasteiger partial charge in [-0.3, -0.25) is 4.79 Å². The van der Waals surface area contributed by atoms with Gasteiger partial charge >= 0.3 is 0 Å². The first kappa shape index (κ1) is 11.8. The quantitative estimate of drug-likeness (QED) is 0.794. The Hall–Kier alpha value is -1.64. The largest absolute Gasteiger partial charge is 0.303 e.